The van der Waals surface area contributed by atoms with Crippen LogP contribution >= 0.6 is 11.6 Å². The summed E-state index contributed by atoms with van der Waals surface area (Å²) in [5, 5.41) is 0. The lowest BCUT2D eigenvalue weighted by Crippen LogP contribution is -2.31. The van der Waals surface area contributed by atoms with Gasteiger partial charge in [0.2, 0.25) is 0 Å². The van der Waals surface area contributed by atoms with E-state index in [9.17, 15) is 0 Å². The topological polar surface area (TPSA) is 39.9 Å². The van der Waals surface area contributed by atoms with Gasteiger partial charge in [0.25, 0.3) is 0 Å². The normalized spacial score (nSPS) is 18.6. The number of hydrogen-bond acceptors (Lipinski definition) is 3. The Balaban J connectivity index is 2.03. The lowest BCUT2D eigenvalue weighted by atomic mass is 9.82. The molecule has 20 heavy (non-hydrogen) atoms. The van der Waals surface area contributed by atoms with Gasteiger partial charge in [0.15, 0.2) is 5.65 Å². The Bertz CT molecular complexity index is 617. The molecule has 1 aliphatic heterocycles. The van der Waals surface area contributed by atoms with E-state index in [-0.39, 0.29) is 5.41 Å². The van der Waals surface area contributed by atoms with E-state index in [2.05, 4.69) is 28.4 Å². The standard InChI is InChI=1S/C15H20ClN3O/c1-11-3-6-17-14-13(11)18-12(9-16)19(14)10-15(2)4-7-20-8-5-15/h3,6H,4-5,7-10H2,1-2H3. The number of ether oxygens (including phenoxy) is 1. The van der Waals surface area contributed by atoms with Crippen LogP contribution in [0.5, 0.6) is 0 Å². The first-order chi connectivity index (χ1) is 9.63. The fourth-order valence-corrected chi connectivity index (χ4v) is 3.06. The van der Waals surface area contributed by atoms with Gasteiger partial charge >= 0.3 is 0 Å². The molecule has 0 amide bonds. The molecule has 3 rings (SSSR count). The minimum absolute atomic E-state index is 0.234. The predicted octanol–water partition coefficient (Wildman–Crippen LogP) is 3.30. The molecular weight excluding hydrogens is 274 g/mol. The SMILES string of the molecule is Cc1ccnc2c1nc(CCl)n2CC1(C)CCOCC1. The molecule has 0 spiro atoms. The number of halogens is 1. The predicted molar refractivity (Wildman–Crippen MR) is 80.0 cm³/mol. The summed E-state index contributed by atoms with van der Waals surface area (Å²) in [5.74, 6) is 1.33. The molecule has 108 valence electrons. The summed E-state index contributed by atoms with van der Waals surface area (Å²) in [7, 11) is 0. The van der Waals surface area contributed by atoms with Gasteiger partial charge in [0.1, 0.15) is 11.3 Å². The summed E-state index contributed by atoms with van der Waals surface area (Å²) in [6, 6.07) is 1.99. The van der Waals surface area contributed by atoms with Gasteiger partial charge in [-0.2, -0.15) is 0 Å². The highest BCUT2D eigenvalue weighted by Gasteiger charge is 2.29. The van der Waals surface area contributed by atoms with Crippen LogP contribution in [0.2, 0.25) is 0 Å². The van der Waals surface area contributed by atoms with Crippen LogP contribution in [0, 0.1) is 12.3 Å². The third kappa shape index (κ3) is 2.42. The molecule has 0 radical (unpaired) electrons. The summed E-state index contributed by atoms with van der Waals surface area (Å²) >= 11 is 6.08. The molecule has 0 bridgehead atoms. The van der Waals surface area contributed by atoms with E-state index >= 15 is 0 Å². The number of hydrogen-bond donors (Lipinski definition) is 0. The highest BCUT2D eigenvalue weighted by atomic mass is 35.5. The number of aromatic nitrogens is 3. The zero-order valence-corrected chi connectivity index (χ0v) is 12.8. The van der Waals surface area contributed by atoms with Crippen molar-refractivity contribution in [3.05, 3.63) is 23.7 Å². The van der Waals surface area contributed by atoms with Gasteiger partial charge in [-0.15, -0.1) is 11.6 Å². The van der Waals surface area contributed by atoms with Gasteiger partial charge in [-0.25, -0.2) is 9.97 Å². The third-order valence-corrected chi connectivity index (χ3v) is 4.51. The van der Waals surface area contributed by atoms with E-state index < -0.39 is 0 Å². The molecule has 1 aliphatic rings. The van der Waals surface area contributed by atoms with Crippen molar-refractivity contribution in [2.75, 3.05) is 13.2 Å². The van der Waals surface area contributed by atoms with Crippen molar-refractivity contribution in [1.29, 1.82) is 0 Å². The van der Waals surface area contributed by atoms with Gasteiger partial charge < -0.3 is 9.30 Å². The monoisotopic (exact) mass is 293 g/mol. The second-order valence-electron chi connectivity index (χ2n) is 5.97. The van der Waals surface area contributed by atoms with E-state index in [1.165, 1.54) is 0 Å². The molecule has 0 saturated carbocycles. The smallest absolute Gasteiger partial charge is 0.160 e. The van der Waals surface area contributed by atoms with Crippen LogP contribution in [0.4, 0.5) is 0 Å². The van der Waals surface area contributed by atoms with Crippen molar-refractivity contribution in [3.8, 4) is 0 Å². The van der Waals surface area contributed by atoms with Crippen LogP contribution in [-0.2, 0) is 17.2 Å². The maximum atomic E-state index is 6.08. The van der Waals surface area contributed by atoms with Crippen molar-refractivity contribution in [2.24, 2.45) is 5.41 Å². The molecule has 0 unspecified atom stereocenters. The average Bonchev–Trinajstić information content (AvgIpc) is 2.79. The molecule has 0 N–H and O–H groups in total. The maximum Gasteiger partial charge on any atom is 0.160 e. The Morgan fingerprint density at radius 2 is 2.15 bits per heavy atom. The van der Waals surface area contributed by atoms with Crippen molar-refractivity contribution in [3.63, 3.8) is 0 Å². The molecule has 5 heteroatoms. The number of aryl methyl sites for hydroxylation is 1. The lowest BCUT2D eigenvalue weighted by Gasteiger charge is -2.34. The minimum Gasteiger partial charge on any atom is -0.381 e. The van der Waals surface area contributed by atoms with Gasteiger partial charge in [-0.3, -0.25) is 0 Å². The minimum atomic E-state index is 0.234. The van der Waals surface area contributed by atoms with Crippen molar-refractivity contribution in [1.82, 2.24) is 14.5 Å². The van der Waals surface area contributed by atoms with E-state index in [1.807, 2.05) is 12.3 Å². The van der Waals surface area contributed by atoms with E-state index in [0.717, 1.165) is 55.2 Å². The molecule has 1 saturated heterocycles. The van der Waals surface area contributed by atoms with Crippen LogP contribution in [0.1, 0.15) is 31.2 Å². The van der Waals surface area contributed by atoms with Crippen LogP contribution in [0.3, 0.4) is 0 Å². The molecule has 0 atom stereocenters. The largest absolute Gasteiger partial charge is 0.381 e. The van der Waals surface area contributed by atoms with Crippen LogP contribution < -0.4 is 0 Å². The molecule has 0 aliphatic carbocycles. The second kappa shape index (κ2) is 5.34. The number of alkyl halides is 1. The van der Waals surface area contributed by atoms with E-state index in [1.54, 1.807) is 0 Å². The molecule has 1 fully saturated rings. The Morgan fingerprint density at radius 3 is 2.85 bits per heavy atom. The number of fused-ring (bicyclic) bond motifs is 1. The zero-order chi connectivity index (χ0) is 14.2. The van der Waals surface area contributed by atoms with E-state index in [4.69, 9.17) is 16.3 Å². The van der Waals surface area contributed by atoms with E-state index in [0.29, 0.717) is 5.88 Å². The van der Waals surface area contributed by atoms with Gasteiger partial charge in [0, 0.05) is 26.0 Å². The van der Waals surface area contributed by atoms with Crippen molar-refractivity contribution >= 4 is 22.8 Å². The fourth-order valence-electron chi connectivity index (χ4n) is 2.86. The number of imidazole rings is 1. The molecule has 2 aromatic heterocycles. The maximum absolute atomic E-state index is 6.08. The molecule has 0 aromatic carbocycles. The summed E-state index contributed by atoms with van der Waals surface area (Å²) in [6.45, 7) is 6.97. The summed E-state index contributed by atoms with van der Waals surface area (Å²) in [4.78, 5) is 9.18. The Hall–Kier alpha value is -1.13. The van der Waals surface area contributed by atoms with Crippen LogP contribution in [-0.4, -0.2) is 27.7 Å². The van der Waals surface area contributed by atoms with Gasteiger partial charge in [-0.1, -0.05) is 6.92 Å². The number of pyridine rings is 1. The first kappa shape index (κ1) is 13.8. The van der Waals surface area contributed by atoms with Crippen LogP contribution in [0.15, 0.2) is 12.3 Å². The number of rotatable bonds is 3. The van der Waals surface area contributed by atoms with Gasteiger partial charge in [-0.05, 0) is 36.8 Å². The molecule has 4 nitrogen and oxygen atoms in total. The highest BCUT2D eigenvalue weighted by Crippen LogP contribution is 2.33. The average molecular weight is 294 g/mol. The van der Waals surface area contributed by atoms with Gasteiger partial charge in [0.05, 0.1) is 5.88 Å². The van der Waals surface area contributed by atoms with Crippen LogP contribution in [0.25, 0.3) is 11.2 Å². The lowest BCUT2D eigenvalue weighted by molar-refractivity contribution is 0.0157. The zero-order valence-electron chi connectivity index (χ0n) is 12.0. The highest BCUT2D eigenvalue weighted by molar-refractivity contribution is 6.16. The third-order valence-electron chi connectivity index (χ3n) is 4.27. The Morgan fingerprint density at radius 1 is 1.40 bits per heavy atom. The quantitative estimate of drug-likeness (QED) is 0.815. The van der Waals surface area contributed by atoms with Crippen molar-refractivity contribution in [2.45, 2.75) is 39.1 Å². The Labute approximate surface area is 124 Å². The first-order valence-electron chi connectivity index (χ1n) is 7.07. The Kier molecular flexibility index (Phi) is 3.69. The first-order valence-corrected chi connectivity index (χ1v) is 7.61. The fraction of sp³-hybridized carbons (Fsp3) is 0.600. The molecule has 3 heterocycles. The second-order valence-corrected chi connectivity index (χ2v) is 6.24. The summed E-state index contributed by atoms with van der Waals surface area (Å²) in [5.41, 5.74) is 3.31. The summed E-state index contributed by atoms with van der Waals surface area (Å²) < 4.78 is 7.68. The number of nitrogens with zero attached hydrogens (tertiary/aromatic N) is 3. The molecular formula is C15H20ClN3O. The molecule has 2 aromatic rings. The van der Waals surface area contributed by atoms with Crippen molar-refractivity contribution < 1.29 is 4.74 Å². The summed E-state index contributed by atoms with van der Waals surface area (Å²) in [6.07, 6.45) is 3.99.